The maximum Gasteiger partial charge on any atom is 0.127 e. The van der Waals surface area contributed by atoms with Gasteiger partial charge in [-0.25, -0.2) is 0 Å². The first kappa shape index (κ1) is 12.5. The van der Waals surface area contributed by atoms with Crippen LogP contribution < -0.4 is 9.80 Å². The summed E-state index contributed by atoms with van der Waals surface area (Å²) in [6.45, 7) is 3.37. The predicted octanol–water partition coefficient (Wildman–Crippen LogP) is -0.501. The van der Waals surface area contributed by atoms with Gasteiger partial charge in [-0.1, -0.05) is 29.8 Å². The third-order valence-electron chi connectivity index (χ3n) is 2.50. The summed E-state index contributed by atoms with van der Waals surface area (Å²) in [7, 11) is 6.58. The summed E-state index contributed by atoms with van der Waals surface area (Å²) in [5.74, 6) is 0. The lowest BCUT2D eigenvalue weighted by Crippen LogP contribution is -3.15. The quantitative estimate of drug-likeness (QED) is 0.673. The lowest BCUT2D eigenvalue weighted by molar-refractivity contribution is -0.937. The summed E-state index contributed by atoms with van der Waals surface area (Å²) < 4.78 is 0. The maximum atomic E-state index is 6.11. The van der Waals surface area contributed by atoms with Crippen molar-refractivity contribution in [3.63, 3.8) is 0 Å². The summed E-state index contributed by atoms with van der Waals surface area (Å²) in [4.78, 5) is 3.00. The van der Waals surface area contributed by atoms with Crippen molar-refractivity contribution in [1.82, 2.24) is 0 Å². The van der Waals surface area contributed by atoms with Crippen LogP contribution in [-0.4, -0.2) is 34.2 Å². The van der Waals surface area contributed by atoms with Crippen molar-refractivity contribution in [3.8, 4) is 0 Å². The summed E-state index contributed by atoms with van der Waals surface area (Å²) in [5, 5.41) is 0.883. The molecule has 0 amide bonds. The molecular weight excluding hydrogens is 208 g/mol. The molecule has 0 aliphatic carbocycles. The van der Waals surface area contributed by atoms with Crippen LogP contribution in [0.2, 0.25) is 5.02 Å². The molecule has 0 bridgehead atoms. The molecule has 1 rings (SSSR count). The third kappa shape index (κ3) is 4.65. The van der Waals surface area contributed by atoms with Crippen LogP contribution in [0.1, 0.15) is 5.56 Å². The monoisotopic (exact) mass is 228 g/mol. The molecule has 1 aromatic rings. The number of likely N-dealkylation sites (N-methyl/N-ethyl adjacent to an activating group) is 2. The number of benzene rings is 1. The van der Waals surface area contributed by atoms with E-state index >= 15 is 0 Å². The number of quaternary nitrogens is 2. The van der Waals surface area contributed by atoms with E-state index in [2.05, 4.69) is 27.2 Å². The highest BCUT2D eigenvalue weighted by atomic mass is 35.5. The zero-order chi connectivity index (χ0) is 11.3. The molecule has 0 aliphatic heterocycles. The highest BCUT2D eigenvalue weighted by Gasteiger charge is 2.07. The molecule has 0 aliphatic rings. The minimum atomic E-state index is 0.883. The smallest absolute Gasteiger partial charge is 0.127 e. The number of halogens is 1. The van der Waals surface area contributed by atoms with Gasteiger partial charge in [-0.2, -0.15) is 0 Å². The molecular formula is C12H21ClN2+2. The van der Waals surface area contributed by atoms with Crippen molar-refractivity contribution in [3.05, 3.63) is 34.9 Å². The molecule has 0 spiro atoms. The minimum absolute atomic E-state index is 0.883. The average molecular weight is 229 g/mol. The van der Waals surface area contributed by atoms with E-state index in [1.165, 1.54) is 28.5 Å². The van der Waals surface area contributed by atoms with Crippen LogP contribution in [-0.2, 0) is 6.54 Å². The number of hydrogen-bond donors (Lipinski definition) is 2. The molecule has 0 saturated heterocycles. The highest BCUT2D eigenvalue weighted by molar-refractivity contribution is 6.31. The van der Waals surface area contributed by atoms with Gasteiger partial charge in [-0.3, -0.25) is 0 Å². The summed E-state index contributed by atoms with van der Waals surface area (Å²) >= 11 is 6.11. The van der Waals surface area contributed by atoms with E-state index < -0.39 is 0 Å². The van der Waals surface area contributed by atoms with Crippen molar-refractivity contribution in [2.24, 2.45) is 0 Å². The van der Waals surface area contributed by atoms with E-state index in [0.29, 0.717) is 0 Å². The lowest BCUT2D eigenvalue weighted by atomic mass is 10.2. The number of hydrogen-bond acceptors (Lipinski definition) is 0. The second-order valence-electron chi connectivity index (χ2n) is 4.43. The van der Waals surface area contributed by atoms with Gasteiger partial charge in [0.1, 0.15) is 19.6 Å². The third-order valence-corrected chi connectivity index (χ3v) is 2.87. The molecule has 0 radical (unpaired) electrons. The number of rotatable bonds is 5. The Kier molecular flexibility index (Phi) is 5.09. The molecule has 0 heterocycles. The Balaban J connectivity index is 2.44. The molecule has 84 valence electrons. The molecule has 1 aromatic carbocycles. The molecule has 1 unspecified atom stereocenters. The van der Waals surface area contributed by atoms with Crippen LogP contribution in [0.5, 0.6) is 0 Å². The van der Waals surface area contributed by atoms with Gasteiger partial charge in [-0.15, -0.1) is 0 Å². The SMILES string of the molecule is C[NH+](C)CC[NH+](C)Cc1ccccc1Cl. The first-order valence-electron chi connectivity index (χ1n) is 5.43. The molecule has 3 heteroatoms. The van der Waals surface area contributed by atoms with Gasteiger partial charge in [0.15, 0.2) is 0 Å². The second-order valence-corrected chi connectivity index (χ2v) is 4.84. The molecule has 1 atom stereocenters. The standard InChI is InChI=1S/C12H19ClN2/c1-14(2)8-9-15(3)10-11-6-4-5-7-12(11)13/h4-7H,8-10H2,1-3H3/p+2. The molecule has 2 N–H and O–H groups in total. The molecule has 15 heavy (non-hydrogen) atoms. The van der Waals surface area contributed by atoms with Crippen LogP contribution in [0.3, 0.4) is 0 Å². The van der Waals surface area contributed by atoms with E-state index in [1.54, 1.807) is 0 Å². The normalized spacial score (nSPS) is 13.1. The van der Waals surface area contributed by atoms with Crippen molar-refractivity contribution < 1.29 is 9.80 Å². The van der Waals surface area contributed by atoms with E-state index in [4.69, 9.17) is 11.6 Å². The minimum Gasteiger partial charge on any atom is -0.335 e. The van der Waals surface area contributed by atoms with Crippen LogP contribution >= 0.6 is 11.6 Å². The van der Waals surface area contributed by atoms with E-state index in [1.807, 2.05) is 18.2 Å². The molecule has 2 nitrogen and oxygen atoms in total. The fraction of sp³-hybridized carbons (Fsp3) is 0.500. The summed E-state index contributed by atoms with van der Waals surface area (Å²) in [6.07, 6.45) is 0. The second kappa shape index (κ2) is 6.11. The lowest BCUT2D eigenvalue weighted by Gasteiger charge is -2.15. The fourth-order valence-corrected chi connectivity index (χ4v) is 1.72. The van der Waals surface area contributed by atoms with E-state index in [-0.39, 0.29) is 0 Å². The van der Waals surface area contributed by atoms with Gasteiger partial charge in [0.05, 0.1) is 21.1 Å². The van der Waals surface area contributed by atoms with Crippen molar-refractivity contribution in [2.75, 3.05) is 34.2 Å². The molecule has 0 aromatic heterocycles. The topological polar surface area (TPSA) is 8.88 Å². The Morgan fingerprint density at radius 2 is 1.73 bits per heavy atom. The Morgan fingerprint density at radius 3 is 2.33 bits per heavy atom. The van der Waals surface area contributed by atoms with Crippen molar-refractivity contribution in [1.29, 1.82) is 0 Å². The van der Waals surface area contributed by atoms with E-state index in [0.717, 1.165) is 11.6 Å². The molecule has 0 fully saturated rings. The van der Waals surface area contributed by atoms with Crippen LogP contribution in [0.25, 0.3) is 0 Å². The molecule has 0 saturated carbocycles. The highest BCUT2D eigenvalue weighted by Crippen LogP contribution is 2.13. The van der Waals surface area contributed by atoms with Crippen LogP contribution in [0, 0.1) is 0 Å². The first-order valence-corrected chi connectivity index (χ1v) is 5.81. The fourth-order valence-electron chi connectivity index (χ4n) is 1.52. The van der Waals surface area contributed by atoms with E-state index in [9.17, 15) is 0 Å². The average Bonchev–Trinajstić information content (AvgIpc) is 2.18. The zero-order valence-electron chi connectivity index (χ0n) is 9.81. The number of nitrogens with one attached hydrogen (secondary N) is 2. The summed E-state index contributed by atoms with van der Waals surface area (Å²) in [5.41, 5.74) is 1.24. The van der Waals surface area contributed by atoms with Gasteiger partial charge in [0, 0.05) is 10.6 Å². The predicted molar refractivity (Wildman–Crippen MR) is 64.6 cm³/mol. The summed E-state index contributed by atoms with van der Waals surface area (Å²) in [6, 6.07) is 8.09. The first-order chi connectivity index (χ1) is 7.09. The van der Waals surface area contributed by atoms with Gasteiger partial charge in [0.25, 0.3) is 0 Å². The maximum absolute atomic E-state index is 6.11. The Morgan fingerprint density at radius 1 is 1.07 bits per heavy atom. The Labute approximate surface area is 97.4 Å². The van der Waals surface area contributed by atoms with Gasteiger partial charge in [0.2, 0.25) is 0 Å². The van der Waals surface area contributed by atoms with Crippen molar-refractivity contribution in [2.45, 2.75) is 6.54 Å². The zero-order valence-corrected chi connectivity index (χ0v) is 10.6. The Bertz CT molecular complexity index is 299. The Hall–Kier alpha value is -0.570. The largest absolute Gasteiger partial charge is 0.335 e. The van der Waals surface area contributed by atoms with Gasteiger partial charge >= 0.3 is 0 Å². The van der Waals surface area contributed by atoms with Crippen molar-refractivity contribution >= 4 is 11.6 Å². The van der Waals surface area contributed by atoms with Crippen LogP contribution in [0.15, 0.2) is 24.3 Å². The van der Waals surface area contributed by atoms with Gasteiger partial charge < -0.3 is 9.80 Å². The van der Waals surface area contributed by atoms with Gasteiger partial charge in [-0.05, 0) is 6.07 Å². The van der Waals surface area contributed by atoms with Crippen LogP contribution in [0.4, 0.5) is 0 Å².